The summed E-state index contributed by atoms with van der Waals surface area (Å²) in [5, 5.41) is 15.6. The van der Waals surface area contributed by atoms with Gasteiger partial charge in [-0.1, -0.05) is 12.1 Å². The summed E-state index contributed by atoms with van der Waals surface area (Å²) in [6, 6.07) is 8.01. The van der Waals surface area contributed by atoms with Gasteiger partial charge in [0, 0.05) is 0 Å². The van der Waals surface area contributed by atoms with Crippen LogP contribution >= 0.6 is 11.3 Å². The molecule has 0 radical (unpaired) electrons. The molecule has 0 atom stereocenters. The largest absolute Gasteiger partial charge is 0.307 e. The number of para-hydroxylation sites is 1. The van der Waals surface area contributed by atoms with E-state index in [-0.39, 0.29) is 5.69 Å². The van der Waals surface area contributed by atoms with E-state index in [2.05, 4.69) is 10.1 Å². The van der Waals surface area contributed by atoms with Gasteiger partial charge in [0.25, 0.3) is 0 Å². The SMILES string of the molecule is CN(Cc1nc2ccccc2s1)Cn1cc([N+](=O)[O-])cn1. The Hall–Kier alpha value is -2.32. The zero-order chi connectivity index (χ0) is 14.8. The maximum absolute atomic E-state index is 10.6. The van der Waals surface area contributed by atoms with Crippen molar-refractivity contribution in [1.82, 2.24) is 19.7 Å². The number of hydrogen-bond acceptors (Lipinski definition) is 6. The Labute approximate surface area is 124 Å². The molecular formula is C13H13N5O2S. The third kappa shape index (κ3) is 3.06. The van der Waals surface area contributed by atoms with E-state index < -0.39 is 4.92 Å². The summed E-state index contributed by atoms with van der Waals surface area (Å²) < 4.78 is 2.71. The second-order valence-electron chi connectivity index (χ2n) is 4.73. The molecule has 0 saturated carbocycles. The molecule has 8 heteroatoms. The highest BCUT2D eigenvalue weighted by molar-refractivity contribution is 7.18. The van der Waals surface area contributed by atoms with Crippen molar-refractivity contribution in [1.29, 1.82) is 0 Å². The lowest BCUT2D eigenvalue weighted by molar-refractivity contribution is -0.385. The van der Waals surface area contributed by atoms with Crippen LogP contribution in [0.3, 0.4) is 0 Å². The van der Waals surface area contributed by atoms with E-state index in [4.69, 9.17) is 0 Å². The van der Waals surface area contributed by atoms with Gasteiger partial charge in [-0.05, 0) is 19.2 Å². The highest BCUT2D eigenvalue weighted by atomic mass is 32.1. The quantitative estimate of drug-likeness (QED) is 0.534. The van der Waals surface area contributed by atoms with E-state index in [1.54, 1.807) is 16.0 Å². The topological polar surface area (TPSA) is 77.1 Å². The molecule has 0 bridgehead atoms. The van der Waals surface area contributed by atoms with Crippen LogP contribution in [0, 0.1) is 10.1 Å². The summed E-state index contributed by atoms with van der Waals surface area (Å²) in [7, 11) is 1.93. The second-order valence-corrected chi connectivity index (χ2v) is 5.84. The Morgan fingerprint density at radius 1 is 1.43 bits per heavy atom. The molecule has 0 spiro atoms. The number of fused-ring (bicyclic) bond motifs is 1. The molecule has 0 aliphatic rings. The Bertz CT molecular complexity index is 749. The van der Waals surface area contributed by atoms with Gasteiger partial charge in [0.15, 0.2) is 0 Å². The lowest BCUT2D eigenvalue weighted by Gasteiger charge is -2.14. The molecular weight excluding hydrogens is 290 g/mol. The van der Waals surface area contributed by atoms with Crippen molar-refractivity contribution in [3.63, 3.8) is 0 Å². The molecule has 0 aliphatic heterocycles. The van der Waals surface area contributed by atoms with E-state index in [9.17, 15) is 10.1 Å². The zero-order valence-electron chi connectivity index (χ0n) is 11.3. The summed E-state index contributed by atoms with van der Waals surface area (Å²) in [5.41, 5.74) is 1.00. The van der Waals surface area contributed by atoms with Gasteiger partial charge >= 0.3 is 5.69 Å². The summed E-state index contributed by atoms with van der Waals surface area (Å²) in [6.45, 7) is 1.15. The average molecular weight is 303 g/mol. The molecule has 0 fully saturated rings. The molecule has 7 nitrogen and oxygen atoms in total. The first kappa shape index (κ1) is 13.7. The van der Waals surface area contributed by atoms with Gasteiger partial charge in [0.1, 0.15) is 17.4 Å². The van der Waals surface area contributed by atoms with Crippen molar-refractivity contribution in [2.75, 3.05) is 7.05 Å². The van der Waals surface area contributed by atoms with Crippen LogP contribution in [0.5, 0.6) is 0 Å². The van der Waals surface area contributed by atoms with Crippen LogP contribution in [0.1, 0.15) is 5.01 Å². The van der Waals surface area contributed by atoms with E-state index in [0.29, 0.717) is 13.2 Å². The smallest absolute Gasteiger partial charge is 0.281 e. The highest BCUT2D eigenvalue weighted by Crippen LogP contribution is 2.22. The molecule has 0 amide bonds. The van der Waals surface area contributed by atoms with Crippen molar-refractivity contribution in [3.05, 3.63) is 51.8 Å². The molecule has 21 heavy (non-hydrogen) atoms. The Balaban J connectivity index is 1.67. The number of nitro groups is 1. The first-order valence-corrected chi connectivity index (χ1v) is 7.13. The Morgan fingerprint density at radius 3 is 2.95 bits per heavy atom. The predicted molar refractivity (Wildman–Crippen MR) is 80.0 cm³/mol. The first-order chi connectivity index (χ1) is 10.1. The number of benzene rings is 1. The molecule has 0 N–H and O–H groups in total. The number of thiazole rings is 1. The van der Waals surface area contributed by atoms with Crippen LogP contribution in [0.15, 0.2) is 36.7 Å². The molecule has 0 saturated heterocycles. The maximum atomic E-state index is 10.6. The van der Waals surface area contributed by atoms with Crippen LogP contribution in [0.2, 0.25) is 0 Å². The van der Waals surface area contributed by atoms with Crippen LogP contribution in [0.4, 0.5) is 5.69 Å². The minimum Gasteiger partial charge on any atom is -0.281 e. The molecule has 0 unspecified atom stereocenters. The van der Waals surface area contributed by atoms with E-state index in [0.717, 1.165) is 15.2 Å². The van der Waals surface area contributed by atoms with Crippen molar-refractivity contribution >= 4 is 27.2 Å². The predicted octanol–water partition coefficient (Wildman–Crippen LogP) is 2.49. The molecule has 2 aromatic heterocycles. The third-order valence-corrected chi connectivity index (χ3v) is 3.98. The molecule has 1 aromatic carbocycles. The van der Waals surface area contributed by atoms with Gasteiger partial charge in [-0.15, -0.1) is 11.3 Å². The fraction of sp³-hybridized carbons (Fsp3) is 0.231. The van der Waals surface area contributed by atoms with Crippen LogP contribution < -0.4 is 0 Å². The van der Waals surface area contributed by atoms with Gasteiger partial charge in [-0.25, -0.2) is 4.98 Å². The van der Waals surface area contributed by atoms with Crippen LogP contribution in [-0.4, -0.2) is 31.6 Å². The highest BCUT2D eigenvalue weighted by Gasteiger charge is 2.11. The van der Waals surface area contributed by atoms with E-state index in [1.165, 1.54) is 12.4 Å². The maximum Gasteiger partial charge on any atom is 0.307 e. The van der Waals surface area contributed by atoms with E-state index >= 15 is 0 Å². The van der Waals surface area contributed by atoms with Crippen molar-refractivity contribution in [2.45, 2.75) is 13.2 Å². The number of aromatic nitrogens is 3. The number of nitrogens with zero attached hydrogens (tertiary/aromatic N) is 5. The lowest BCUT2D eigenvalue weighted by Crippen LogP contribution is -2.21. The standard InChI is InChI=1S/C13H13N5O2S/c1-16(9-17-7-10(6-14-17)18(19)20)8-13-15-11-4-2-3-5-12(11)21-13/h2-7H,8-9H2,1H3. The Kier molecular flexibility index (Phi) is 3.63. The van der Waals surface area contributed by atoms with Crippen molar-refractivity contribution < 1.29 is 4.92 Å². The van der Waals surface area contributed by atoms with Gasteiger partial charge in [0.05, 0.1) is 28.4 Å². The van der Waals surface area contributed by atoms with Crippen LogP contribution in [-0.2, 0) is 13.2 Å². The monoisotopic (exact) mass is 303 g/mol. The molecule has 0 aliphatic carbocycles. The summed E-state index contributed by atoms with van der Waals surface area (Å²) in [4.78, 5) is 16.7. The van der Waals surface area contributed by atoms with Gasteiger partial charge in [-0.2, -0.15) is 5.10 Å². The van der Waals surface area contributed by atoms with Crippen molar-refractivity contribution in [2.24, 2.45) is 0 Å². The number of rotatable bonds is 5. The minimum atomic E-state index is -0.447. The lowest BCUT2D eigenvalue weighted by atomic mass is 10.3. The van der Waals surface area contributed by atoms with Gasteiger partial charge in [0.2, 0.25) is 0 Å². The summed E-state index contributed by atoms with van der Waals surface area (Å²) in [5.74, 6) is 0. The Morgan fingerprint density at radius 2 is 2.24 bits per heavy atom. The third-order valence-electron chi connectivity index (χ3n) is 2.96. The molecule has 108 valence electrons. The summed E-state index contributed by atoms with van der Waals surface area (Å²) >= 11 is 1.66. The zero-order valence-corrected chi connectivity index (χ0v) is 12.2. The molecule has 3 rings (SSSR count). The normalized spacial score (nSPS) is 11.3. The summed E-state index contributed by atoms with van der Waals surface area (Å²) in [6.07, 6.45) is 2.68. The van der Waals surface area contributed by atoms with Gasteiger partial charge < -0.3 is 0 Å². The second kappa shape index (κ2) is 5.58. The average Bonchev–Trinajstić information content (AvgIpc) is 3.04. The van der Waals surface area contributed by atoms with Gasteiger partial charge in [-0.3, -0.25) is 19.7 Å². The fourth-order valence-corrected chi connectivity index (χ4v) is 3.09. The molecule has 3 aromatic rings. The minimum absolute atomic E-state index is 0.00314. The van der Waals surface area contributed by atoms with E-state index in [1.807, 2.05) is 36.2 Å². The van der Waals surface area contributed by atoms with Crippen molar-refractivity contribution in [3.8, 4) is 0 Å². The fourth-order valence-electron chi connectivity index (χ4n) is 2.04. The van der Waals surface area contributed by atoms with Crippen LogP contribution in [0.25, 0.3) is 10.2 Å². The first-order valence-electron chi connectivity index (χ1n) is 6.31. The number of hydrogen-bond donors (Lipinski definition) is 0. The molecule has 2 heterocycles.